The first kappa shape index (κ1) is 22.0. The van der Waals surface area contributed by atoms with Crippen LogP contribution in [-0.2, 0) is 7.05 Å². The van der Waals surface area contributed by atoms with Crippen LogP contribution in [-0.4, -0.2) is 65.0 Å². The van der Waals surface area contributed by atoms with Crippen molar-refractivity contribution < 1.29 is 9.13 Å². The second-order valence-electron chi connectivity index (χ2n) is 9.76. The van der Waals surface area contributed by atoms with Gasteiger partial charge in [-0.25, -0.2) is 4.39 Å². The minimum atomic E-state index is -0.411. The number of ether oxygens (including phenoxy) is 1. The number of aryl methyl sites for hydroxylation is 2. The lowest BCUT2D eigenvalue weighted by atomic mass is 10.2. The highest BCUT2D eigenvalue weighted by Crippen LogP contribution is 2.38. The average molecular weight is 476 g/mol. The lowest BCUT2D eigenvalue weighted by Crippen LogP contribution is -2.44. The van der Waals surface area contributed by atoms with Crippen molar-refractivity contribution in [2.24, 2.45) is 18.0 Å². The normalized spacial score (nSPS) is 18.7. The van der Waals surface area contributed by atoms with Crippen LogP contribution in [0.5, 0.6) is 11.8 Å². The van der Waals surface area contributed by atoms with Gasteiger partial charge in [0.25, 0.3) is 0 Å². The summed E-state index contributed by atoms with van der Waals surface area (Å²) in [6.07, 6.45) is 4.64. The molecule has 0 spiro atoms. The van der Waals surface area contributed by atoms with E-state index in [0.717, 1.165) is 55.6 Å². The van der Waals surface area contributed by atoms with Crippen molar-refractivity contribution in [2.45, 2.75) is 19.8 Å². The summed E-state index contributed by atoms with van der Waals surface area (Å²) in [6, 6.07) is 7.36. The number of hydrogen-bond acceptors (Lipinski definition) is 7. The summed E-state index contributed by atoms with van der Waals surface area (Å²) in [5, 5.41) is 3.85. The molecule has 2 aliphatic heterocycles. The zero-order chi connectivity index (χ0) is 24.1. The maximum atomic E-state index is 15.3. The van der Waals surface area contributed by atoms with Crippen molar-refractivity contribution in [2.75, 3.05) is 50.0 Å². The van der Waals surface area contributed by atoms with Gasteiger partial charge in [0.05, 0.1) is 12.1 Å². The quantitative estimate of drug-likeness (QED) is 0.599. The predicted octanol–water partition coefficient (Wildman–Crippen LogP) is 4.12. The lowest BCUT2D eigenvalue weighted by Gasteiger charge is -2.33. The summed E-state index contributed by atoms with van der Waals surface area (Å²) in [5.74, 6) is 2.53. The van der Waals surface area contributed by atoms with Gasteiger partial charge in [-0.2, -0.15) is 9.97 Å². The second-order valence-corrected chi connectivity index (χ2v) is 9.76. The topological polar surface area (TPSA) is 70.8 Å². The number of aromatic nitrogens is 3. The second kappa shape index (κ2) is 8.64. The molecule has 0 radical (unpaired) electrons. The van der Waals surface area contributed by atoms with E-state index in [9.17, 15) is 0 Å². The van der Waals surface area contributed by atoms with E-state index in [4.69, 9.17) is 4.74 Å². The maximum Gasteiger partial charge on any atom is 0.326 e. The van der Waals surface area contributed by atoms with Crippen LogP contribution in [0.15, 0.2) is 40.9 Å². The zero-order valence-electron chi connectivity index (χ0n) is 20.4. The predicted molar refractivity (Wildman–Crippen MR) is 136 cm³/mol. The van der Waals surface area contributed by atoms with E-state index in [1.54, 1.807) is 6.07 Å². The number of likely N-dealkylation sites (N-methyl/N-ethyl adjacent to an activating group) is 1. The van der Waals surface area contributed by atoms with E-state index in [2.05, 4.69) is 43.2 Å². The van der Waals surface area contributed by atoms with Crippen LogP contribution >= 0.6 is 0 Å². The highest BCUT2D eigenvalue weighted by molar-refractivity contribution is 6.05. The van der Waals surface area contributed by atoms with Crippen molar-refractivity contribution in [3.8, 4) is 11.8 Å². The summed E-state index contributed by atoms with van der Waals surface area (Å²) in [5.41, 5.74) is 3.18. The van der Waals surface area contributed by atoms with Crippen LogP contribution in [0.25, 0.3) is 10.9 Å². The van der Waals surface area contributed by atoms with Gasteiger partial charge in [-0.05, 0) is 62.6 Å². The van der Waals surface area contributed by atoms with E-state index in [-0.39, 0.29) is 11.8 Å². The van der Waals surface area contributed by atoms with Gasteiger partial charge in [0.15, 0.2) is 11.6 Å². The zero-order valence-corrected chi connectivity index (χ0v) is 20.4. The number of halogens is 1. The molecule has 2 fully saturated rings. The van der Waals surface area contributed by atoms with Gasteiger partial charge in [0.2, 0.25) is 0 Å². The Hall–Kier alpha value is -3.46. The molecule has 9 heteroatoms. The molecule has 3 aliphatic rings. The monoisotopic (exact) mass is 475 g/mol. The molecule has 35 heavy (non-hydrogen) atoms. The summed E-state index contributed by atoms with van der Waals surface area (Å²) in [7, 11) is 4.04. The molecule has 0 atom stereocenters. The minimum Gasteiger partial charge on any atom is -0.421 e. The molecular weight excluding hydrogens is 445 g/mol. The number of benzene rings is 1. The van der Waals surface area contributed by atoms with Crippen molar-refractivity contribution in [1.82, 2.24) is 19.4 Å². The van der Waals surface area contributed by atoms with Gasteiger partial charge in [0.1, 0.15) is 17.5 Å². The fraction of sp³-hybridized carbons (Fsp3) is 0.423. The molecule has 182 valence electrons. The van der Waals surface area contributed by atoms with Crippen molar-refractivity contribution in [1.29, 1.82) is 0 Å². The molecule has 1 saturated heterocycles. The molecule has 1 N–H and O–H groups in total. The number of aliphatic imine (C=N–C) groups is 1. The molecule has 6 rings (SSSR count). The number of nitrogens with zero attached hydrogens (tertiary/aromatic N) is 6. The number of fused-ring (bicyclic) bond motifs is 1. The third-order valence-corrected chi connectivity index (χ3v) is 7.20. The van der Waals surface area contributed by atoms with Gasteiger partial charge >= 0.3 is 6.01 Å². The number of amidine groups is 1. The summed E-state index contributed by atoms with van der Waals surface area (Å²) in [6.45, 7) is 6.29. The highest BCUT2D eigenvalue weighted by Gasteiger charge is 2.28. The molecule has 1 aliphatic carbocycles. The molecule has 0 amide bonds. The Kier molecular flexibility index (Phi) is 5.44. The van der Waals surface area contributed by atoms with Crippen LogP contribution in [0, 0.1) is 18.7 Å². The van der Waals surface area contributed by atoms with Gasteiger partial charge in [-0.3, -0.25) is 4.99 Å². The lowest BCUT2D eigenvalue weighted by molar-refractivity contribution is 0.311. The van der Waals surface area contributed by atoms with Gasteiger partial charge in [-0.15, -0.1) is 0 Å². The Morgan fingerprint density at radius 3 is 2.63 bits per heavy atom. The van der Waals surface area contributed by atoms with E-state index >= 15 is 4.39 Å². The molecule has 2 aromatic heterocycles. The number of hydrogen-bond donors (Lipinski definition) is 1. The third kappa shape index (κ3) is 4.36. The van der Waals surface area contributed by atoms with E-state index < -0.39 is 5.82 Å². The SMILES string of the molecule is Cc1cc2c(F)c(Oc3nc(NC4=NCC(C5CC5)=C4)cc(N4CCN(C)CC4)n3)ccc2n1C. The van der Waals surface area contributed by atoms with E-state index in [1.807, 2.05) is 36.7 Å². The first-order valence-electron chi connectivity index (χ1n) is 12.2. The van der Waals surface area contributed by atoms with Gasteiger partial charge in [0, 0.05) is 50.4 Å². The Balaban J connectivity index is 1.32. The molecule has 0 bridgehead atoms. The molecule has 0 unspecified atom stereocenters. The summed E-state index contributed by atoms with van der Waals surface area (Å²) in [4.78, 5) is 18.4. The molecule has 8 nitrogen and oxygen atoms in total. The number of anilines is 2. The fourth-order valence-corrected chi connectivity index (χ4v) is 4.74. The molecule has 4 heterocycles. The van der Waals surface area contributed by atoms with Gasteiger partial charge < -0.3 is 24.4 Å². The summed E-state index contributed by atoms with van der Waals surface area (Å²) >= 11 is 0. The smallest absolute Gasteiger partial charge is 0.326 e. The molecule has 1 aromatic carbocycles. The fourth-order valence-electron chi connectivity index (χ4n) is 4.74. The van der Waals surface area contributed by atoms with Crippen LogP contribution < -0.4 is 15.0 Å². The van der Waals surface area contributed by atoms with Crippen LogP contribution in [0.2, 0.25) is 0 Å². The average Bonchev–Trinajstić information content (AvgIpc) is 3.53. The maximum absolute atomic E-state index is 15.3. The number of nitrogens with one attached hydrogen (secondary N) is 1. The largest absolute Gasteiger partial charge is 0.421 e. The number of rotatable bonds is 5. The highest BCUT2D eigenvalue weighted by atomic mass is 19.1. The first-order valence-corrected chi connectivity index (χ1v) is 12.2. The third-order valence-electron chi connectivity index (χ3n) is 7.20. The molecule has 1 saturated carbocycles. The molecular formula is C26H30FN7O. The van der Waals surface area contributed by atoms with Crippen molar-refractivity contribution in [3.63, 3.8) is 0 Å². The Labute approximate surface area is 204 Å². The standard InChI is InChI=1S/C26H30FN7O/c1-16-12-19-20(33(16)3)6-7-21(25(19)27)35-26-30-23(29-22-13-18(15-28-22)17-4-5-17)14-24(31-26)34-10-8-32(2)9-11-34/h6-7,12-14,17H,4-5,8-11,15H2,1-3H3,(H,28,29,30,31). The Bertz CT molecular complexity index is 1350. The number of piperazine rings is 1. The molecule has 3 aromatic rings. The van der Waals surface area contributed by atoms with E-state index in [1.165, 1.54) is 18.4 Å². The Morgan fingerprint density at radius 1 is 1.06 bits per heavy atom. The van der Waals surface area contributed by atoms with Crippen LogP contribution in [0.3, 0.4) is 0 Å². The van der Waals surface area contributed by atoms with Crippen molar-refractivity contribution >= 4 is 28.4 Å². The van der Waals surface area contributed by atoms with Crippen LogP contribution in [0.4, 0.5) is 16.0 Å². The van der Waals surface area contributed by atoms with Crippen LogP contribution in [0.1, 0.15) is 18.5 Å². The summed E-state index contributed by atoms with van der Waals surface area (Å²) < 4.78 is 23.3. The van der Waals surface area contributed by atoms with Gasteiger partial charge in [-0.1, -0.05) is 0 Å². The van der Waals surface area contributed by atoms with Crippen molar-refractivity contribution in [3.05, 3.63) is 47.4 Å². The Morgan fingerprint density at radius 2 is 1.86 bits per heavy atom. The first-order chi connectivity index (χ1) is 16.9. The van der Waals surface area contributed by atoms with E-state index in [0.29, 0.717) is 17.1 Å². The minimum absolute atomic E-state index is 0.110.